The van der Waals surface area contributed by atoms with E-state index in [-0.39, 0.29) is 0 Å². The van der Waals surface area contributed by atoms with Crippen LogP contribution < -0.4 is 5.32 Å². The molecule has 1 atom stereocenters. The van der Waals surface area contributed by atoms with Crippen LogP contribution in [0.4, 0.5) is 0 Å². The Labute approximate surface area is 106 Å². The first-order valence-corrected chi connectivity index (χ1v) is 6.66. The summed E-state index contributed by atoms with van der Waals surface area (Å²) in [6.45, 7) is 9.18. The van der Waals surface area contributed by atoms with Crippen LogP contribution in [0.3, 0.4) is 0 Å². The van der Waals surface area contributed by atoms with E-state index in [2.05, 4.69) is 56.1 Å². The molecule has 0 amide bonds. The average Bonchev–Trinajstić information content (AvgIpc) is 2.34. The van der Waals surface area contributed by atoms with Crippen molar-refractivity contribution in [2.24, 2.45) is 0 Å². The van der Waals surface area contributed by atoms with Gasteiger partial charge in [-0.15, -0.1) is 0 Å². The van der Waals surface area contributed by atoms with E-state index in [4.69, 9.17) is 0 Å². The second kappa shape index (κ2) is 8.08. The fourth-order valence-electron chi connectivity index (χ4n) is 1.97. The zero-order chi connectivity index (χ0) is 12.5. The molecule has 0 aliphatic carbocycles. The quantitative estimate of drug-likeness (QED) is 0.514. The summed E-state index contributed by atoms with van der Waals surface area (Å²) < 4.78 is 0. The second-order valence-electron chi connectivity index (χ2n) is 4.80. The van der Waals surface area contributed by atoms with Crippen molar-refractivity contribution in [2.75, 3.05) is 6.54 Å². The van der Waals surface area contributed by atoms with Crippen LogP contribution >= 0.6 is 0 Å². The van der Waals surface area contributed by atoms with Crippen LogP contribution in [0.2, 0.25) is 0 Å². The van der Waals surface area contributed by atoms with E-state index >= 15 is 0 Å². The van der Waals surface area contributed by atoms with Crippen LogP contribution in [-0.4, -0.2) is 6.54 Å². The third-order valence-corrected chi connectivity index (χ3v) is 2.95. The molecular weight excluding hydrogens is 206 g/mol. The molecule has 0 heterocycles. The monoisotopic (exact) mass is 231 g/mol. The Morgan fingerprint density at radius 1 is 1.24 bits per heavy atom. The minimum absolute atomic E-state index is 0.472. The molecule has 0 aliphatic rings. The van der Waals surface area contributed by atoms with E-state index in [9.17, 15) is 0 Å². The van der Waals surface area contributed by atoms with Crippen LogP contribution in [0.15, 0.2) is 42.5 Å². The van der Waals surface area contributed by atoms with E-state index in [1.807, 2.05) is 0 Å². The van der Waals surface area contributed by atoms with Crippen molar-refractivity contribution < 1.29 is 0 Å². The predicted octanol–water partition coefficient (Wildman–Crippen LogP) is 4.47. The Kier molecular flexibility index (Phi) is 6.64. The SMILES string of the molecule is C=C(C)CNC(CCCCC)c1ccccc1. The number of hydrogen-bond donors (Lipinski definition) is 1. The molecule has 0 bridgehead atoms. The van der Waals surface area contributed by atoms with Crippen molar-refractivity contribution in [1.29, 1.82) is 0 Å². The van der Waals surface area contributed by atoms with Gasteiger partial charge in [0, 0.05) is 12.6 Å². The number of benzene rings is 1. The third-order valence-electron chi connectivity index (χ3n) is 2.95. The first-order chi connectivity index (χ1) is 8.24. The molecule has 0 spiro atoms. The van der Waals surface area contributed by atoms with E-state index in [0.29, 0.717) is 6.04 Å². The van der Waals surface area contributed by atoms with Crippen LogP contribution in [0, 0.1) is 0 Å². The molecule has 0 radical (unpaired) electrons. The van der Waals surface area contributed by atoms with Crippen molar-refractivity contribution in [3.63, 3.8) is 0 Å². The van der Waals surface area contributed by atoms with Gasteiger partial charge in [-0.2, -0.15) is 0 Å². The summed E-state index contributed by atoms with van der Waals surface area (Å²) >= 11 is 0. The fraction of sp³-hybridized carbons (Fsp3) is 0.500. The number of unbranched alkanes of at least 4 members (excludes halogenated alkanes) is 2. The highest BCUT2D eigenvalue weighted by atomic mass is 14.9. The van der Waals surface area contributed by atoms with E-state index in [0.717, 1.165) is 6.54 Å². The average molecular weight is 231 g/mol. The standard InChI is InChI=1S/C16H25N/c1-4-5-7-12-16(17-13-14(2)3)15-10-8-6-9-11-15/h6,8-11,16-17H,2,4-5,7,12-13H2,1,3H3. The Balaban J connectivity index is 2.55. The molecule has 0 saturated carbocycles. The third kappa shape index (κ3) is 5.69. The molecule has 0 aromatic heterocycles. The molecule has 1 unspecified atom stereocenters. The first-order valence-electron chi connectivity index (χ1n) is 6.66. The van der Waals surface area contributed by atoms with Gasteiger partial charge in [-0.05, 0) is 18.9 Å². The maximum absolute atomic E-state index is 3.95. The van der Waals surface area contributed by atoms with Crippen molar-refractivity contribution in [3.8, 4) is 0 Å². The summed E-state index contributed by atoms with van der Waals surface area (Å²) in [6.07, 6.45) is 5.10. The maximum atomic E-state index is 3.95. The molecule has 0 aliphatic heterocycles. The van der Waals surface area contributed by atoms with Crippen LogP contribution in [-0.2, 0) is 0 Å². The summed E-state index contributed by atoms with van der Waals surface area (Å²) in [7, 11) is 0. The molecule has 1 rings (SSSR count). The summed E-state index contributed by atoms with van der Waals surface area (Å²) in [6, 6.07) is 11.2. The van der Waals surface area contributed by atoms with Gasteiger partial charge >= 0.3 is 0 Å². The van der Waals surface area contributed by atoms with E-state index in [1.54, 1.807) is 0 Å². The normalized spacial score (nSPS) is 12.4. The Morgan fingerprint density at radius 3 is 2.53 bits per heavy atom. The molecule has 1 aromatic rings. The van der Waals surface area contributed by atoms with Crippen molar-refractivity contribution in [2.45, 2.75) is 45.6 Å². The predicted molar refractivity (Wildman–Crippen MR) is 76.1 cm³/mol. The molecule has 94 valence electrons. The highest BCUT2D eigenvalue weighted by Crippen LogP contribution is 2.19. The topological polar surface area (TPSA) is 12.0 Å². The van der Waals surface area contributed by atoms with Crippen molar-refractivity contribution in [1.82, 2.24) is 5.32 Å². The van der Waals surface area contributed by atoms with Gasteiger partial charge in [-0.1, -0.05) is 68.7 Å². The lowest BCUT2D eigenvalue weighted by molar-refractivity contribution is 0.491. The van der Waals surface area contributed by atoms with E-state index < -0.39 is 0 Å². The zero-order valence-electron chi connectivity index (χ0n) is 11.2. The van der Waals surface area contributed by atoms with Gasteiger partial charge < -0.3 is 5.32 Å². The molecule has 1 aromatic carbocycles. The maximum Gasteiger partial charge on any atom is 0.0323 e. The lowest BCUT2D eigenvalue weighted by Gasteiger charge is -2.19. The van der Waals surface area contributed by atoms with Gasteiger partial charge in [0.05, 0.1) is 0 Å². The highest BCUT2D eigenvalue weighted by Gasteiger charge is 2.09. The minimum atomic E-state index is 0.472. The summed E-state index contributed by atoms with van der Waals surface area (Å²) in [5, 5.41) is 3.59. The number of rotatable bonds is 8. The fourth-order valence-corrected chi connectivity index (χ4v) is 1.97. The Bertz CT molecular complexity index is 316. The van der Waals surface area contributed by atoms with Gasteiger partial charge in [-0.25, -0.2) is 0 Å². The van der Waals surface area contributed by atoms with Gasteiger partial charge in [0.1, 0.15) is 0 Å². The van der Waals surface area contributed by atoms with Gasteiger partial charge in [-0.3, -0.25) is 0 Å². The summed E-state index contributed by atoms with van der Waals surface area (Å²) in [5.41, 5.74) is 2.59. The Hall–Kier alpha value is -1.08. The minimum Gasteiger partial charge on any atom is -0.306 e. The first kappa shape index (κ1) is 14.0. The molecule has 0 fully saturated rings. The number of nitrogens with one attached hydrogen (secondary N) is 1. The molecule has 17 heavy (non-hydrogen) atoms. The number of hydrogen-bond acceptors (Lipinski definition) is 1. The lowest BCUT2D eigenvalue weighted by atomic mass is 10.0. The van der Waals surface area contributed by atoms with Crippen LogP contribution in [0.5, 0.6) is 0 Å². The van der Waals surface area contributed by atoms with Crippen molar-refractivity contribution in [3.05, 3.63) is 48.0 Å². The van der Waals surface area contributed by atoms with Crippen molar-refractivity contribution >= 4 is 0 Å². The van der Waals surface area contributed by atoms with E-state index in [1.165, 1.54) is 36.8 Å². The van der Waals surface area contributed by atoms with Gasteiger partial charge in [0.2, 0.25) is 0 Å². The van der Waals surface area contributed by atoms with Gasteiger partial charge in [0.25, 0.3) is 0 Å². The molecule has 1 N–H and O–H groups in total. The molecule has 0 saturated heterocycles. The van der Waals surface area contributed by atoms with Crippen LogP contribution in [0.25, 0.3) is 0 Å². The molecule has 1 nitrogen and oxygen atoms in total. The largest absolute Gasteiger partial charge is 0.306 e. The van der Waals surface area contributed by atoms with Gasteiger partial charge in [0.15, 0.2) is 0 Å². The second-order valence-corrected chi connectivity index (χ2v) is 4.80. The van der Waals surface area contributed by atoms with Crippen LogP contribution in [0.1, 0.15) is 51.1 Å². The highest BCUT2D eigenvalue weighted by molar-refractivity contribution is 5.19. The lowest BCUT2D eigenvalue weighted by Crippen LogP contribution is -2.22. The smallest absolute Gasteiger partial charge is 0.0323 e. The zero-order valence-corrected chi connectivity index (χ0v) is 11.2. The molecular formula is C16H25N. The summed E-state index contributed by atoms with van der Waals surface area (Å²) in [5.74, 6) is 0. The summed E-state index contributed by atoms with van der Waals surface area (Å²) in [4.78, 5) is 0. The molecule has 1 heteroatoms. The Morgan fingerprint density at radius 2 is 1.94 bits per heavy atom.